The Bertz CT molecular complexity index is 690. The maximum absolute atomic E-state index is 13.0. The summed E-state index contributed by atoms with van der Waals surface area (Å²) in [5, 5.41) is 0. The number of morpholine rings is 1. The third-order valence-electron chi connectivity index (χ3n) is 4.45. The molecule has 3 rings (SSSR count). The molecule has 5 heteroatoms. The van der Waals surface area contributed by atoms with E-state index in [1.807, 2.05) is 24.3 Å². The van der Waals surface area contributed by atoms with Gasteiger partial charge in [0.25, 0.3) is 0 Å². The predicted molar refractivity (Wildman–Crippen MR) is 94.7 cm³/mol. The summed E-state index contributed by atoms with van der Waals surface area (Å²) in [5.41, 5.74) is 2.28. The minimum absolute atomic E-state index is 0.124. The van der Waals surface area contributed by atoms with Gasteiger partial charge in [-0.05, 0) is 41.8 Å². The van der Waals surface area contributed by atoms with Gasteiger partial charge in [0.2, 0.25) is 0 Å². The van der Waals surface area contributed by atoms with Crippen LogP contribution in [0.5, 0.6) is 11.5 Å². The molecule has 0 N–H and O–H groups in total. The molecule has 1 atom stereocenters. The van der Waals surface area contributed by atoms with Gasteiger partial charge in [-0.3, -0.25) is 4.90 Å². The van der Waals surface area contributed by atoms with Crippen molar-refractivity contribution < 1.29 is 18.6 Å². The molecule has 1 heterocycles. The van der Waals surface area contributed by atoms with Crippen LogP contribution in [0.3, 0.4) is 0 Å². The summed E-state index contributed by atoms with van der Waals surface area (Å²) in [7, 11) is 3.29. The van der Waals surface area contributed by atoms with Crippen molar-refractivity contribution in [3.63, 3.8) is 0 Å². The Morgan fingerprint density at radius 2 is 1.76 bits per heavy atom. The topological polar surface area (TPSA) is 30.9 Å². The highest BCUT2D eigenvalue weighted by Gasteiger charge is 2.21. The third kappa shape index (κ3) is 4.71. The van der Waals surface area contributed by atoms with Crippen LogP contribution in [0.25, 0.3) is 0 Å². The van der Waals surface area contributed by atoms with Gasteiger partial charge in [0, 0.05) is 19.6 Å². The highest BCUT2D eigenvalue weighted by Crippen LogP contribution is 2.28. The molecular formula is C20H24FNO3. The summed E-state index contributed by atoms with van der Waals surface area (Å²) in [6.07, 6.45) is 0.919. The summed E-state index contributed by atoms with van der Waals surface area (Å²) in [6.45, 7) is 3.29. The van der Waals surface area contributed by atoms with Gasteiger partial charge in [-0.2, -0.15) is 0 Å². The first-order valence-electron chi connectivity index (χ1n) is 8.47. The van der Waals surface area contributed by atoms with Crippen molar-refractivity contribution in [1.29, 1.82) is 0 Å². The smallest absolute Gasteiger partial charge is 0.161 e. The van der Waals surface area contributed by atoms with Crippen LogP contribution in [0.2, 0.25) is 0 Å². The van der Waals surface area contributed by atoms with Crippen molar-refractivity contribution in [2.24, 2.45) is 0 Å². The molecule has 4 nitrogen and oxygen atoms in total. The first kappa shape index (κ1) is 17.7. The molecule has 0 aliphatic carbocycles. The van der Waals surface area contributed by atoms with Crippen LogP contribution >= 0.6 is 0 Å². The van der Waals surface area contributed by atoms with Crippen LogP contribution in [0.4, 0.5) is 4.39 Å². The van der Waals surface area contributed by atoms with Gasteiger partial charge in [0.15, 0.2) is 11.5 Å². The zero-order valence-corrected chi connectivity index (χ0v) is 14.7. The Labute approximate surface area is 148 Å². The zero-order valence-electron chi connectivity index (χ0n) is 14.7. The van der Waals surface area contributed by atoms with Crippen molar-refractivity contribution in [3.8, 4) is 11.5 Å². The van der Waals surface area contributed by atoms with Crippen LogP contribution in [-0.2, 0) is 17.7 Å². The maximum atomic E-state index is 13.0. The van der Waals surface area contributed by atoms with E-state index < -0.39 is 0 Å². The Hall–Kier alpha value is -2.11. The Kier molecular flexibility index (Phi) is 5.89. The Balaban J connectivity index is 1.60. The van der Waals surface area contributed by atoms with E-state index in [4.69, 9.17) is 14.2 Å². The van der Waals surface area contributed by atoms with Crippen LogP contribution < -0.4 is 9.47 Å². The lowest BCUT2D eigenvalue weighted by Gasteiger charge is -2.33. The van der Waals surface area contributed by atoms with Gasteiger partial charge in [-0.1, -0.05) is 18.2 Å². The van der Waals surface area contributed by atoms with E-state index in [0.29, 0.717) is 6.61 Å². The molecular weight excluding hydrogens is 321 g/mol. The van der Waals surface area contributed by atoms with Crippen LogP contribution in [0, 0.1) is 5.82 Å². The maximum Gasteiger partial charge on any atom is 0.161 e. The monoisotopic (exact) mass is 345 g/mol. The lowest BCUT2D eigenvalue weighted by atomic mass is 10.1. The van der Waals surface area contributed by atoms with E-state index in [2.05, 4.69) is 11.0 Å². The van der Waals surface area contributed by atoms with E-state index in [0.717, 1.165) is 43.1 Å². The molecule has 0 bridgehead atoms. The van der Waals surface area contributed by atoms with Crippen LogP contribution in [0.1, 0.15) is 11.1 Å². The van der Waals surface area contributed by atoms with Crippen molar-refractivity contribution in [2.75, 3.05) is 33.9 Å². The minimum atomic E-state index is -0.205. The molecule has 1 aliphatic rings. The van der Waals surface area contributed by atoms with Crippen molar-refractivity contribution >= 4 is 0 Å². The fourth-order valence-corrected chi connectivity index (χ4v) is 3.17. The van der Waals surface area contributed by atoms with Gasteiger partial charge >= 0.3 is 0 Å². The number of methoxy groups -OCH3 is 2. The van der Waals surface area contributed by atoms with Crippen molar-refractivity contribution in [3.05, 3.63) is 59.4 Å². The molecule has 1 fully saturated rings. The first-order chi connectivity index (χ1) is 12.2. The average molecular weight is 345 g/mol. The SMILES string of the molecule is COc1ccc(CN2CCO[C@H](Cc3ccc(F)cc3)C2)cc1OC. The quantitative estimate of drug-likeness (QED) is 0.804. The van der Waals surface area contributed by atoms with Gasteiger partial charge in [0.05, 0.1) is 26.9 Å². The minimum Gasteiger partial charge on any atom is -0.493 e. The fourth-order valence-electron chi connectivity index (χ4n) is 3.17. The Morgan fingerprint density at radius 3 is 2.48 bits per heavy atom. The fraction of sp³-hybridized carbons (Fsp3) is 0.400. The molecule has 1 saturated heterocycles. The molecule has 0 amide bonds. The van der Waals surface area contributed by atoms with Gasteiger partial charge in [-0.15, -0.1) is 0 Å². The largest absolute Gasteiger partial charge is 0.493 e. The molecule has 0 unspecified atom stereocenters. The summed E-state index contributed by atoms with van der Waals surface area (Å²) in [4.78, 5) is 2.37. The summed E-state index contributed by atoms with van der Waals surface area (Å²) in [6, 6.07) is 12.7. The van der Waals surface area contributed by atoms with E-state index in [9.17, 15) is 4.39 Å². The summed E-state index contributed by atoms with van der Waals surface area (Å²) < 4.78 is 29.6. The van der Waals surface area contributed by atoms with Crippen LogP contribution in [0.15, 0.2) is 42.5 Å². The molecule has 0 aromatic heterocycles. The van der Waals surface area contributed by atoms with E-state index in [1.54, 1.807) is 14.2 Å². The first-order valence-corrected chi connectivity index (χ1v) is 8.47. The second kappa shape index (κ2) is 8.32. The highest BCUT2D eigenvalue weighted by molar-refractivity contribution is 5.42. The normalized spacial score (nSPS) is 18.1. The molecule has 2 aromatic rings. The molecule has 2 aromatic carbocycles. The number of hydrogen-bond donors (Lipinski definition) is 0. The van der Waals surface area contributed by atoms with Gasteiger partial charge in [-0.25, -0.2) is 4.39 Å². The van der Waals surface area contributed by atoms with Crippen molar-refractivity contribution in [2.45, 2.75) is 19.1 Å². The molecule has 0 spiro atoms. The second-order valence-electron chi connectivity index (χ2n) is 6.25. The number of hydrogen-bond acceptors (Lipinski definition) is 4. The number of halogens is 1. The molecule has 0 radical (unpaired) electrons. The van der Waals surface area contributed by atoms with Crippen LogP contribution in [-0.4, -0.2) is 44.9 Å². The van der Waals surface area contributed by atoms with Gasteiger partial charge < -0.3 is 14.2 Å². The average Bonchev–Trinajstić information content (AvgIpc) is 2.64. The Morgan fingerprint density at radius 1 is 1.04 bits per heavy atom. The highest BCUT2D eigenvalue weighted by atomic mass is 19.1. The molecule has 134 valence electrons. The molecule has 25 heavy (non-hydrogen) atoms. The van der Waals surface area contributed by atoms with E-state index >= 15 is 0 Å². The summed E-state index contributed by atoms with van der Waals surface area (Å²) in [5.74, 6) is 1.28. The zero-order chi connectivity index (χ0) is 17.6. The predicted octanol–water partition coefficient (Wildman–Crippen LogP) is 3.29. The third-order valence-corrected chi connectivity index (χ3v) is 4.45. The van der Waals surface area contributed by atoms with E-state index in [1.165, 1.54) is 17.7 Å². The van der Waals surface area contributed by atoms with Crippen molar-refractivity contribution in [1.82, 2.24) is 4.90 Å². The molecule has 0 saturated carbocycles. The lowest BCUT2D eigenvalue weighted by Crippen LogP contribution is -2.42. The number of benzene rings is 2. The second-order valence-corrected chi connectivity index (χ2v) is 6.25. The van der Waals surface area contributed by atoms with Gasteiger partial charge in [0.1, 0.15) is 5.82 Å². The number of rotatable bonds is 6. The number of ether oxygens (including phenoxy) is 3. The lowest BCUT2D eigenvalue weighted by molar-refractivity contribution is -0.0305. The molecule has 1 aliphatic heterocycles. The van der Waals surface area contributed by atoms with E-state index in [-0.39, 0.29) is 11.9 Å². The summed E-state index contributed by atoms with van der Waals surface area (Å²) >= 11 is 0. The standard InChI is InChI=1S/C20H24FNO3/c1-23-19-8-5-16(12-20(19)24-2)13-22-9-10-25-18(14-22)11-15-3-6-17(21)7-4-15/h3-8,12,18H,9-11,13-14H2,1-2H3/t18-/m1/s1. The number of nitrogens with zero attached hydrogens (tertiary/aromatic N) is 1.